The van der Waals surface area contributed by atoms with E-state index in [1.54, 1.807) is 0 Å². The zero-order chi connectivity index (χ0) is 17.1. The van der Waals surface area contributed by atoms with Crippen molar-refractivity contribution >= 4 is 17.2 Å². The van der Waals surface area contributed by atoms with E-state index in [0.717, 1.165) is 11.3 Å². The summed E-state index contributed by atoms with van der Waals surface area (Å²) in [4.78, 5) is 32.8. The average molecular weight is 340 g/mol. The van der Waals surface area contributed by atoms with Gasteiger partial charge in [-0.05, 0) is 0 Å². The van der Waals surface area contributed by atoms with E-state index in [9.17, 15) is 9.59 Å². The van der Waals surface area contributed by atoms with Gasteiger partial charge in [-0.2, -0.15) is 0 Å². The summed E-state index contributed by atoms with van der Waals surface area (Å²) in [5.41, 5.74) is 7.11. The summed E-state index contributed by atoms with van der Waals surface area (Å²) in [6.45, 7) is 1.69. The predicted molar refractivity (Wildman–Crippen MR) is 93.6 cm³/mol. The fraction of sp³-hybridized carbons (Fsp3) is 0.176. The Kier molecular flexibility index (Phi) is 4.52. The van der Waals surface area contributed by atoms with Gasteiger partial charge in [-0.3, -0.25) is 14.2 Å². The number of rotatable bonds is 5. The van der Waals surface area contributed by atoms with Gasteiger partial charge in [-0.15, -0.1) is 11.3 Å². The van der Waals surface area contributed by atoms with Gasteiger partial charge in [-0.25, -0.2) is 9.97 Å². The molecule has 0 radical (unpaired) electrons. The van der Waals surface area contributed by atoms with E-state index in [0.29, 0.717) is 22.8 Å². The summed E-state index contributed by atoms with van der Waals surface area (Å²) in [5.74, 6) is -0.0442. The Balaban J connectivity index is 2.06. The predicted octanol–water partition coefficient (Wildman–Crippen LogP) is 2.08. The third kappa shape index (κ3) is 3.11. The van der Waals surface area contributed by atoms with Crippen molar-refractivity contribution in [3.05, 3.63) is 58.1 Å². The summed E-state index contributed by atoms with van der Waals surface area (Å²) in [7, 11) is 0. The largest absolute Gasteiger partial charge is 0.368 e. The Morgan fingerprint density at radius 1 is 1.29 bits per heavy atom. The van der Waals surface area contributed by atoms with Crippen LogP contribution >= 0.6 is 11.3 Å². The third-order valence-corrected chi connectivity index (χ3v) is 4.44. The van der Waals surface area contributed by atoms with Gasteiger partial charge in [0.05, 0.1) is 11.3 Å². The lowest BCUT2D eigenvalue weighted by Crippen LogP contribution is -2.32. The first-order valence-electron chi connectivity index (χ1n) is 7.48. The van der Waals surface area contributed by atoms with Gasteiger partial charge < -0.3 is 5.73 Å². The molecule has 0 saturated carbocycles. The number of thiazole rings is 1. The number of benzene rings is 1. The van der Waals surface area contributed by atoms with Crippen molar-refractivity contribution in [1.82, 2.24) is 14.5 Å². The summed E-state index contributed by atoms with van der Waals surface area (Å²) in [6, 6.07) is 9.73. The molecule has 122 valence electrons. The Morgan fingerprint density at radius 2 is 2.04 bits per heavy atom. The quantitative estimate of drug-likeness (QED) is 0.770. The summed E-state index contributed by atoms with van der Waals surface area (Å²) in [6.07, 6.45) is 2.06. The van der Waals surface area contributed by atoms with Gasteiger partial charge in [0.2, 0.25) is 5.91 Å². The fourth-order valence-electron chi connectivity index (χ4n) is 2.41. The van der Waals surface area contributed by atoms with Crippen LogP contribution in [-0.2, 0) is 17.8 Å². The molecule has 0 aliphatic carbocycles. The number of carbonyl (C=O) groups is 1. The fourth-order valence-corrected chi connectivity index (χ4v) is 3.24. The molecule has 0 fully saturated rings. The number of aromatic nitrogens is 3. The Bertz CT molecular complexity index is 931. The summed E-state index contributed by atoms with van der Waals surface area (Å²) < 4.78 is 1.32. The standard InChI is InChI=1S/C17H16N4O2S/c1-2-15-19-8-12(17(23)21(15)9-14(18)22)16-20-13(10-24-16)11-6-4-3-5-7-11/h3-8,10H,2,9H2,1H3,(H2,18,22). The molecule has 0 unspecified atom stereocenters. The molecule has 0 bridgehead atoms. The highest BCUT2D eigenvalue weighted by Gasteiger charge is 2.15. The normalized spacial score (nSPS) is 10.7. The highest BCUT2D eigenvalue weighted by atomic mass is 32.1. The molecule has 0 atom stereocenters. The minimum Gasteiger partial charge on any atom is -0.368 e. The number of aryl methyl sites for hydroxylation is 1. The minimum absolute atomic E-state index is 0.181. The van der Waals surface area contributed by atoms with E-state index < -0.39 is 5.91 Å². The average Bonchev–Trinajstić information content (AvgIpc) is 3.07. The lowest BCUT2D eigenvalue weighted by molar-refractivity contribution is -0.118. The Labute approximate surface area is 142 Å². The lowest BCUT2D eigenvalue weighted by Gasteiger charge is -2.09. The summed E-state index contributed by atoms with van der Waals surface area (Å²) in [5, 5.41) is 2.48. The van der Waals surface area contributed by atoms with E-state index in [4.69, 9.17) is 5.73 Å². The van der Waals surface area contributed by atoms with E-state index in [1.807, 2.05) is 42.6 Å². The van der Waals surface area contributed by atoms with Crippen LogP contribution in [0.5, 0.6) is 0 Å². The molecule has 3 rings (SSSR count). The van der Waals surface area contributed by atoms with Crippen LogP contribution in [0.3, 0.4) is 0 Å². The first kappa shape index (κ1) is 16.1. The van der Waals surface area contributed by atoms with Crippen molar-refractivity contribution in [1.29, 1.82) is 0 Å². The maximum absolute atomic E-state index is 12.7. The molecule has 1 aromatic carbocycles. The van der Waals surface area contributed by atoms with Crippen LogP contribution in [0, 0.1) is 0 Å². The monoisotopic (exact) mass is 340 g/mol. The number of amides is 1. The van der Waals surface area contributed by atoms with E-state index in [2.05, 4.69) is 9.97 Å². The molecule has 2 heterocycles. The highest BCUT2D eigenvalue weighted by Crippen LogP contribution is 2.26. The van der Waals surface area contributed by atoms with Crippen LogP contribution in [0.15, 0.2) is 46.7 Å². The van der Waals surface area contributed by atoms with Crippen molar-refractivity contribution < 1.29 is 4.79 Å². The summed E-state index contributed by atoms with van der Waals surface area (Å²) >= 11 is 1.37. The number of nitrogens with zero attached hydrogens (tertiary/aromatic N) is 3. The number of hydrogen-bond donors (Lipinski definition) is 1. The van der Waals surface area contributed by atoms with Crippen molar-refractivity contribution in [3.63, 3.8) is 0 Å². The molecule has 3 aromatic rings. The van der Waals surface area contributed by atoms with Gasteiger partial charge in [-0.1, -0.05) is 37.3 Å². The topological polar surface area (TPSA) is 90.9 Å². The van der Waals surface area contributed by atoms with Crippen molar-refractivity contribution in [2.45, 2.75) is 19.9 Å². The van der Waals surface area contributed by atoms with Crippen LogP contribution in [-0.4, -0.2) is 20.4 Å². The minimum atomic E-state index is -0.574. The molecular formula is C17H16N4O2S. The Hall–Kier alpha value is -2.80. The maximum atomic E-state index is 12.7. The van der Waals surface area contributed by atoms with Crippen molar-refractivity contribution in [3.8, 4) is 21.8 Å². The van der Waals surface area contributed by atoms with Gasteiger partial charge in [0.15, 0.2) is 0 Å². The molecule has 2 N–H and O–H groups in total. The smallest absolute Gasteiger partial charge is 0.264 e. The van der Waals surface area contributed by atoms with Crippen LogP contribution in [0.1, 0.15) is 12.7 Å². The molecule has 0 aliphatic rings. The van der Waals surface area contributed by atoms with Crippen LogP contribution in [0.2, 0.25) is 0 Å². The first-order chi connectivity index (χ1) is 11.6. The van der Waals surface area contributed by atoms with Crippen molar-refractivity contribution in [2.75, 3.05) is 0 Å². The van der Waals surface area contributed by atoms with Crippen LogP contribution in [0.25, 0.3) is 21.8 Å². The van der Waals surface area contributed by atoms with Crippen LogP contribution in [0.4, 0.5) is 0 Å². The van der Waals surface area contributed by atoms with E-state index >= 15 is 0 Å². The molecule has 6 nitrogen and oxygen atoms in total. The second-order valence-corrected chi connectivity index (χ2v) is 6.06. The molecule has 24 heavy (non-hydrogen) atoms. The van der Waals surface area contributed by atoms with Gasteiger partial charge >= 0.3 is 0 Å². The van der Waals surface area contributed by atoms with Gasteiger partial charge in [0, 0.05) is 23.6 Å². The number of carbonyl (C=O) groups excluding carboxylic acids is 1. The highest BCUT2D eigenvalue weighted by molar-refractivity contribution is 7.13. The molecule has 7 heteroatoms. The van der Waals surface area contributed by atoms with Crippen LogP contribution < -0.4 is 11.3 Å². The molecule has 0 aliphatic heterocycles. The zero-order valence-corrected chi connectivity index (χ0v) is 13.9. The third-order valence-electron chi connectivity index (χ3n) is 3.56. The van der Waals surface area contributed by atoms with E-state index in [-0.39, 0.29) is 12.1 Å². The number of hydrogen-bond acceptors (Lipinski definition) is 5. The molecule has 1 amide bonds. The van der Waals surface area contributed by atoms with Gasteiger partial charge in [0.1, 0.15) is 17.4 Å². The molecular weight excluding hydrogens is 324 g/mol. The van der Waals surface area contributed by atoms with Crippen molar-refractivity contribution in [2.24, 2.45) is 5.73 Å². The molecule has 0 saturated heterocycles. The van der Waals surface area contributed by atoms with Gasteiger partial charge in [0.25, 0.3) is 5.56 Å². The van der Waals surface area contributed by atoms with E-state index in [1.165, 1.54) is 22.1 Å². The zero-order valence-electron chi connectivity index (χ0n) is 13.1. The first-order valence-corrected chi connectivity index (χ1v) is 8.36. The maximum Gasteiger partial charge on any atom is 0.264 e. The second kappa shape index (κ2) is 6.76. The second-order valence-electron chi connectivity index (χ2n) is 5.20. The Morgan fingerprint density at radius 3 is 2.71 bits per heavy atom. The SMILES string of the molecule is CCc1ncc(-c2nc(-c3ccccc3)cs2)c(=O)n1CC(N)=O. The molecule has 2 aromatic heterocycles. The number of primary amides is 1. The molecule has 0 spiro atoms. The number of nitrogens with two attached hydrogens (primary N) is 1. The lowest BCUT2D eigenvalue weighted by atomic mass is 10.2.